The van der Waals surface area contributed by atoms with Crippen LogP contribution in [0.5, 0.6) is 5.75 Å². The van der Waals surface area contributed by atoms with Crippen LogP contribution in [0.2, 0.25) is 5.02 Å². The van der Waals surface area contributed by atoms with Crippen molar-refractivity contribution in [1.82, 2.24) is 14.8 Å². The van der Waals surface area contributed by atoms with Crippen LogP contribution in [0.15, 0.2) is 71.0 Å². The Morgan fingerprint density at radius 2 is 1.82 bits per heavy atom. The Bertz CT molecular complexity index is 1550. The van der Waals surface area contributed by atoms with E-state index in [1.807, 2.05) is 56.4 Å². The lowest BCUT2D eigenvalue weighted by Gasteiger charge is -2.25. The van der Waals surface area contributed by atoms with Crippen molar-refractivity contribution in [3.8, 4) is 5.75 Å². The molecule has 2 aromatic carbocycles. The standard InChI is InChI=1S/C29H26ClN3O5/c1-18-13-22(14-19(2)26(18)30)38-12-6-10-32-16-20(23-8-3-4-9-25(23)32)15-24-27(34)31-29(36)33(28(24)35)17-21-7-5-11-37-21/h3-5,7-9,11,13-16H,6,10,12,17H2,1-2H3,(H,31,34,36)/b24-15-. The number of nitrogens with one attached hydrogen (secondary N) is 1. The van der Waals surface area contributed by atoms with Gasteiger partial charge in [0.25, 0.3) is 11.8 Å². The Balaban J connectivity index is 1.35. The highest BCUT2D eigenvalue weighted by atomic mass is 35.5. The van der Waals surface area contributed by atoms with Crippen LogP contribution in [-0.4, -0.2) is 33.9 Å². The molecule has 0 spiro atoms. The highest BCUT2D eigenvalue weighted by molar-refractivity contribution is 6.32. The summed E-state index contributed by atoms with van der Waals surface area (Å²) in [7, 11) is 0. The first-order valence-electron chi connectivity index (χ1n) is 12.2. The normalized spacial score (nSPS) is 15.0. The molecule has 0 bridgehead atoms. The van der Waals surface area contributed by atoms with Gasteiger partial charge in [-0.05, 0) is 67.8 Å². The number of carbonyl (C=O) groups is 3. The van der Waals surface area contributed by atoms with Crippen molar-refractivity contribution in [2.24, 2.45) is 0 Å². The number of hydrogen-bond donors (Lipinski definition) is 1. The van der Waals surface area contributed by atoms with E-state index in [1.54, 1.807) is 12.1 Å². The van der Waals surface area contributed by atoms with Gasteiger partial charge in [0.15, 0.2) is 0 Å². The number of amides is 4. The molecule has 0 unspecified atom stereocenters. The molecule has 194 valence electrons. The molecule has 1 fully saturated rings. The lowest BCUT2D eigenvalue weighted by molar-refractivity contribution is -0.130. The molecule has 1 aliphatic rings. The molecule has 1 aliphatic heterocycles. The predicted molar refractivity (Wildman–Crippen MR) is 144 cm³/mol. The molecular weight excluding hydrogens is 506 g/mol. The SMILES string of the molecule is Cc1cc(OCCCn2cc(/C=C3/C(=O)NC(=O)N(Cc4ccco4)C3=O)c3ccccc32)cc(C)c1Cl. The monoisotopic (exact) mass is 531 g/mol. The van der Waals surface area contributed by atoms with E-state index in [9.17, 15) is 14.4 Å². The second kappa shape index (κ2) is 10.6. The van der Waals surface area contributed by atoms with Gasteiger partial charge in [-0.25, -0.2) is 4.79 Å². The Kier molecular flexibility index (Phi) is 7.07. The van der Waals surface area contributed by atoms with Crippen LogP contribution in [0, 0.1) is 13.8 Å². The van der Waals surface area contributed by atoms with E-state index in [-0.39, 0.29) is 12.1 Å². The molecule has 4 aromatic rings. The summed E-state index contributed by atoms with van der Waals surface area (Å²) in [5.74, 6) is -0.184. The molecule has 0 atom stereocenters. The van der Waals surface area contributed by atoms with Crippen molar-refractivity contribution in [3.63, 3.8) is 0 Å². The van der Waals surface area contributed by atoms with Gasteiger partial charge in [-0.2, -0.15) is 0 Å². The molecule has 4 amide bonds. The minimum absolute atomic E-state index is 0.0727. The average molecular weight is 532 g/mol. The number of benzene rings is 2. The van der Waals surface area contributed by atoms with Crippen molar-refractivity contribution in [3.05, 3.63) is 94.0 Å². The van der Waals surface area contributed by atoms with Crippen molar-refractivity contribution in [2.45, 2.75) is 33.4 Å². The molecule has 1 saturated heterocycles. The van der Waals surface area contributed by atoms with Gasteiger partial charge in [-0.1, -0.05) is 29.8 Å². The number of furan rings is 1. The van der Waals surface area contributed by atoms with Gasteiger partial charge in [-0.15, -0.1) is 0 Å². The summed E-state index contributed by atoms with van der Waals surface area (Å²) >= 11 is 6.25. The molecule has 3 heterocycles. The van der Waals surface area contributed by atoms with Gasteiger partial charge in [0.1, 0.15) is 17.1 Å². The maximum absolute atomic E-state index is 13.1. The summed E-state index contributed by atoms with van der Waals surface area (Å²) < 4.78 is 13.3. The average Bonchev–Trinajstić information content (AvgIpc) is 3.53. The number of carbonyl (C=O) groups excluding carboxylic acids is 3. The Hall–Kier alpha value is -4.30. The van der Waals surface area contributed by atoms with E-state index in [0.717, 1.165) is 44.1 Å². The number of nitrogens with zero attached hydrogens (tertiary/aromatic N) is 2. The molecule has 0 aliphatic carbocycles. The number of fused-ring (bicyclic) bond motifs is 1. The minimum atomic E-state index is -0.776. The fraction of sp³-hybridized carbons (Fsp3) is 0.207. The topological polar surface area (TPSA) is 93.8 Å². The first kappa shape index (κ1) is 25.4. The van der Waals surface area contributed by atoms with Gasteiger partial charge in [-0.3, -0.25) is 19.8 Å². The molecule has 0 saturated carbocycles. The maximum Gasteiger partial charge on any atom is 0.331 e. The van der Waals surface area contributed by atoms with Gasteiger partial charge in [0.2, 0.25) is 0 Å². The third-order valence-corrected chi connectivity index (χ3v) is 7.02. The van der Waals surface area contributed by atoms with Crippen molar-refractivity contribution < 1.29 is 23.5 Å². The third kappa shape index (κ3) is 5.08. The van der Waals surface area contributed by atoms with Crippen LogP contribution in [0.1, 0.15) is 28.9 Å². The van der Waals surface area contributed by atoms with E-state index in [0.29, 0.717) is 24.5 Å². The zero-order valence-electron chi connectivity index (χ0n) is 21.0. The molecule has 5 rings (SSSR count). The maximum atomic E-state index is 13.1. The number of para-hydroxylation sites is 1. The summed E-state index contributed by atoms with van der Waals surface area (Å²) in [6.45, 7) is 5.00. The highest BCUT2D eigenvalue weighted by Crippen LogP contribution is 2.27. The Morgan fingerprint density at radius 3 is 2.55 bits per heavy atom. The van der Waals surface area contributed by atoms with Gasteiger partial charge in [0, 0.05) is 34.2 Å². The molecule has 1 N–H and O–H groups in total. The summed E-state index contributed by atoms with van der Waals surface area (Å²) in [6.07, 6.45) is 5.64. The largest absolute Gasteiger partial charge is 0.494 e. The van der Waals surface area contributed by atoms with Crippen molar-refractivity contribution in [2.75, 3.05) is 6.61 Å². The summed E-state index contributed by atoms with van der Waals surface area (Å²) in [5.41, 5.74) is 3.50. The second-order valence-electron chi connectivity index (χ2n) is 9.16. The van der Waals surface area contributed by atoms with Crippen LogP contribution in [-0.2, 0) is 22.7 Å². The number of ether oxygens (including phenoxy) is 1. The van der Waals surface area contributed by atoms with Crippen LogP contribution in [0.4, 0.5) is 4.79 Å². The van der Waals surface area contributed by atoms with Gasteiger partial charge >= 0.3 is 6.03 Å². The number of halogens is 1. The molecule has 0 radical (unpaired) electrons. The zero-order valence-corrected chi connectivity index (χ0v) is 21.7. The minimum Gasteiger partial charge on any atom is -0.494 e. The third-order valence-electron chi connectivity index (χ3n) is 6.42. The molecule has 38 heavy (non-hydrogen) atoms. The van der Waals surface area contributed by atoms with E-state index >= 15 is 0 Å². The summed E-state index contributed by atoms with van der Waals surface area (Å²) in [5, 5.41) is 3.89. The van der Waals surface area contributed by atoms with E-state index in [1.165, 1.54) is 12.3 Å². The van der Waals surface area contributed by atoms with Crippen molar-refractivity contribution >= 4 is 46.4 Å². The summed E-state index contributed by atoms with van der Waals surface area (Å²) in [4.78, 5) is 39.1. The number of aromatic nitrogens is 1. The Morgan fingerprint density at radius 1 is 1.05 bits per heavy atom. The van der Waals surface area contributed by atoms with Crippen LogP contribution < -0.4 is 10.1 Å². The second-order valence-corrected chi connectivity index (χ2v) is 9.53. The number of rotatable bonds is 8. The van der Waals surface area contributed by atoms with Crippen molar-refractivity contribution in [1.29, 1.82) is 0 Å². The first-order chi connectivity index (χ1) is 18.3. The molecular formula is C29H26ClN3O5. The lowest BCUT2D eigenvalue weighted by Crippen LogP contribution is -2.53. The number of aryl methyl sites for hydroxylation is 3. The fourth-order valence-electron chi connectivity index (χ4n) is 4.54. The number of hydrogen-bond acceptors (Lipinski definition) is 5. The summed E-state index contributed by atoms with van der Waals surface area (Å²) in [6, 6.07) is 14.2. The molecule has 9 heteroatoms. The van der Waals surface area contributed by atoms with Crippen LogP contribution >= 0.6 is 11.6 Å². The zero-order chi connectivity index (χ0) is 26.8. The fourth-order valence-corrected chi connectivity index (χ4v) is 4.65. The van der Waals surface area contributed by atoms with E-state index in [2.05, 4.69) is 9.88 Å². The van der Waals surface area contributed by atoms with E-state index in [4.69, 9.17) is 20.8 Å². The number of urea groups is 1. The quantitative estimate of drug-likeness (QED) is 0.180. The highest BCUT2D eigenvalue weighted by Gasteiger charge is 2.36. The predicted octanol–water partition coefficient (Wildman–Crippen LogP) is 5.64. The molecule has 8 nitrogen and oxygen atoms in total. The Labute approximate surface area is 224 Å². The van der Waals surface area contributed by atoms with Crippen LogP contribution in [0.3, 0.4) is 0 Å². The van der Waals surface area contributed by atoms with Gasteiger partial charge < -0.3 is 13.7 Å². The number of barbiturate groups is 1. The lowest BCUT2D eigenvalue weighted by atomic mass is 10.1. The molecule has 2 aromatic heterocycles. The van der Waals surface area contributed by atoms with E-state index < -0.39 is 17.8 Å². The first-order valence-corrected chi connectivity index (χ1v) is 12.6. The van der Waals surface area contributed by atoms with Gasteiger partial charge in [0.05, 0.1) is 19.4 Å². The smallest absolute Gasteiger partial charge is 0.331 e. The van der Waals surface area contributed by atoms with Crippen LogP contribution in [0.25, 0.3) is 17.0 Å². The number of imide groups is 2.